The normalized spacial score (nSPS) is 11.7. The molecule has 28 heavy (non-hydrogen) atoms. The lowest BCUT2D eigenvalue weighted by Crippen LogP contribution is -2.38. The van der Waals surface area contributed by atoms with Gasteiger partial charge < -0.3 is 9.84 Å². The van der Waals surface area contributed by atoms with Crippen molar-refractivity contribution in [1.29, 1.82) is 0 Å². The molecule has 2 aromatic rings. The average Bonchev–Trinajstić information content (AvgIpc) is 2.59. The molecule has 0 aromatic heterocycles. The number of hydrogen-bond donors (Lipinski definition) is 1. The van der Waals surface area contributed by atoms with E-state index in [1.54, 1.807) is 12.2 Å². The average molecular weight is 380 g/mol. The van der Waals surface area contributed by atoms with E-state index in [0.717, 1.165) is 27.8 Å². The zero-order chi connectivity index (χ0) is 21.2. The molecule has 0 radical (unpaired) electrons. The molecule has 0 heterocycles. The Kier molecular flexibility index (Phi) is 6.13. The minimum absolute atomic E-state index is 0.0387. The topological polar surface area (TPSA) is 63.6 Å². The number of aryl methyl sites for hydroxylation is 5. The molecule has 0 amide bonds. The highest BCUT2D eigenvalue weighted by atomic mass is 16.5. The standard InChI is InChI=1S/C24H28O4/c1-14-10-16(3)20(13-15(14)2)21(25)9-8-19-11-17(4)22(18(5)12-19)28-24(6,7)23(26)27/h8-13H,1-7H3,(H,26,27). The molecular weight excluding hydrogens is 352 g/mol. The quantitative estimate of drug-likeness (QED) is 0.541. The van der Waals surface area contributed by atoms with E-state index in [4.69, 9.17) is 4.74 Å². The molecule has 0 saturated carbocycles. The number of ether oxygens (including phenoxy) is 1. The van der Waals surface area contributed by atoms with Gasteiger partial charge in [0.25, 0.3) is 0 Å². The van der Waals surface area contributed by atoms with Crippen LogP contribution in [0.2, 0.25) is 0 Å². The summed E-state index contributed by atoms with van der Waals surface area (Å²) in [4.78, 5) is 24.0. The van der Waals surface area contributed by atoms with E-state index in [0.29, 0.717) is 11.3 Å². The van der Waals surface area contributed by atoms with Crippen molar-refractivity contribution in [2.24, 2.45) is 0 Å². The van der Waals surface area contributed by atoms with Crippen molar-refractivity contribution in [3.63, 3.8) is 0 Å². The molecule has 1 N–H and O–H groups in total. The van der Waals surface area contributed by atoms with E-state index < -0.39 is 11.6 Å². The largest absolute Gasteiger partial charge is 0.478 e. The van der Waals surface area contributed by atoms with Crippen molar-refractivity contribution in [3.8, 4) is 5.75 Å². The minimum atomic E-state index is -1.32. The van der Waals surface area contributed by atoms with Crippen LogP contribution in [0.5, 0.6) is 5.75 Å². The fourth-order valence-corrected chi connectivity index (χ4v) is 3.03. The highest BCUT2D eigenvalue weighted by Gasteiger charge is 2.30. The second-order valence-corrected chi connectivity index (χ2v) is 7.85. The fraction of sp³-hybridized carbons (Fsp3) is 0.333. The minimum Gasteiger partial charge on any atom is -0.478 e. The van der Waals surface area contributed by atoms with Crippen LogP contribution in [0.25, 0.3) is 6.08 Å². The SMILES string of the molecule is Cc1cc(C)c(C(=O)C=Cc2cc(C)c(OC(C)(C)C(=O)O)c(C)c2)cc1C. The van der Waals surface area contributed by atoms with Crippen LogP contribution in [0, 0.1) is 34.6 Å². The van der Waals surface area contributed by atoms with Crippen LogP contribution in [0.15, 0.2) is 30.3 Å². The lowest BCUT2D eigenvalue weighted by atomic mass is 9.97. The lowest BCUT2D eigenvalue weighted by molar-refractivity contribution is -0.152. The molecule has 0 unspecified atom stereocenters. The summed E-state index contributed by atoms with van der Waals surface area (Å²) in [6.07, 6.45) is 3.36. The van der Waals surface area contributed by atoms with Crippen molar-refractivity contribution < 1.29 is 19.4 Å². The zero-order valence-corrected chi connectivity index (χ0v) is 17.6. The lowest BCUT2D eigenvalue weighted by Gasteiger charge is -2.24. The highest BCUT2D eigenvalue weighted by molar-refractivity contribution is 6.08. The van der Waals surface area contributed by atoms with E-state index in [1.807, 2.05) is 58.9 Å². The van der Waals surface area contributed by atoms with Gasteiger partial charge in [-0.3, -0.25) is 4.79 Å². The molecule has 148 valence electrons. The summed E-state index contributed by atoms with van der Waals surface area (Å²) in [6, 6.07) is 7.73. The molecule has 0 aliphatic carbocycles. The second-order valence-electron chi connectivity index (χ2n) is 7.85. The summed E-state index contributed by atoms with van der Waals surface area (Å²) in [6.45, 7) is 12.8. The number of rotatable bonds is 6. The monoisotopic (exact) mass is 380 g/mol. The number of carbonyl (C=O) groups is 2. The molecule has 0 saturated heterocycles. The number of aliphatic carboxylic acids is 1. The number of allylic oxidation sites excluding steroid dienone is 1. The Bertz CT molecular complexity index is 942. The first kappa shape index (κ1) is 21.4. The number of carbonyl (C=O) groups excluding carboxylic acids is 1. The molecular formula is C24H28O4. The molecule has 4 nitrogen and oxygen atoms in total. The first-order valence-electron chi connectivity index (χ1n) is 9.26. The Labute approximate surface area is 166 Å². The summed E-state index contributed by atoms with van der Waals surface area (Å²) >= 11 is 0. The maximum absolute atomic E-state index is 12.6. The van der Waals surface area contributed by atoms with Gasteiger partial charge in [-0.2, -0.15) is 0 Å². The summed E-state index contributed by atoms with van der Waals surface area (Å²) in [5.74, 6) is -0.506. The highest BCUT2D eigenvalue weighted by Crippen LogP contribution is 2.29. The number of hydrogen-bond acceptors (Lipinski definition) is 3. The number of ketones is 1. The second kappa shape index (κ2) is 8.01. The Hall–Kier alpha value is -2.88. The van der Waals surface area contributed by atoms with Gasteiger partial charge in [-0.15, -0.1) is 0 Å². The van der Waals surface area contributed by atoms with Crippen molar-refractivity contribution in [2.75, 3.05) is 0 Å². The number of carboxylic acids is 1. The van der Waals surface area contributed by atoms with Crippen LogP contribution in [-0.2, 0) is 4.79 Å². The van der Waals surface area contributed by atoms with E-state index in [2.05, 4.69) is 0 Å². The zero-order valence-electron chi connectivity index (χ0n) is 17.6. The molecule has 2 rings (SSSR count). The summed E-state index contributed by atoms with van der Waals surface area (Å²) < 4.78 is 5.72. The van der Waals surface area contributed by atoms with Crippen LogP contribution in [0.1, 0.15) is 57.6 Å². The van der Waals surface area contributed by atoms with Crippen LogP contribution in [-0.4, -0.2) is 22.5 Å². The third-order valence-electron chi connectivity index (χ3n) is 4.89. The molecule has 0 spiro atoms. The summed E-state index contributed by atoms with van der Waals surface area (Å²) in [5, 5.41) is 9.28. The van der Waals surface area contributed by atoms with Crippen LogP contribution in [0.4, 0.5) is 0 Å². The van der Waals surface area contributed by atoms with Crippen LogP contribution >= 0.6 is 0 Å². The number of benzene rings is 2. The fourth-order valence-electron chi connectivity index (χ4n) is 3.03. The van der Waals surface area contributed by atoms with Crippen molar-refractivity contribution in [3.05, 3.63) is 69.3 Å². The van der Waals surface area contributed by atoms with Crippen molar-refractivity contribution >= 4 is 17.8 Å². The summed E-state index contributed by atoms with van der Waals surface area (Å²) in [7, 11) is 0. The van der Waals surface area contributed by atoms with Gasteiger partial charge in [0, 0.05) is 5.56 Å². The van der Waals surface area contributed by atoms with E-state index >= 15 is 0 Å². The van der Waals surface area contributed by atoms with Gasteiger partial charge in [0.05, 0.1) is 0 Å². The molecule has 2 aromatic carbocycles. The Morgan fingerprint density at radius 1 is 0.857 bits per heavy atom. The molecule has 0 atom stereocenters. The van der Waals surface area contributed by atoms with Gasteiger partial charge in [-0.05, 0) is 106 Å². The third kappa shape index (κ3) is 4.69. The van der Waals surface area contributed by atoms with Gasteiger partial charge in [0.2, 0.25) is 0 Å². The van der Waals surface area contributed by atoms with Gasteiger partial charge in [-0.1, -0.05) is 12.1 Å². The van der Waals surface area contributed by atoms with Gasteiger partial charge in [0.15, 0.2) is 11.4 Å². The first-order chi connectivity index (χ1) is 12.9. The smallest absolute Gasteiger partial charge is 0.347 e. The molecule has 4 heteroatoms. The van der Waals surface area contributed by atoms with Crippen molar-refractivity contribution in [2.45, 2.75) is 54.1 Å². The van der Waals surface area contributed by atoms with Crippen LogP contribution in [0.3, 0.4) is 0 Å². The summed E-state index contributed by atoms with van der Waals surface area (Å²) in [5.41, 5.74) is 5.13. The molecule has 0 aliphatic heterocycles. The Morgan fingerprint density at radius 3 is 1.93 bits per heavy atom. The van der Waals surface area contributed by atoms with Gasteiger partial charge >= 0.3 is 5.97 Å². The predicted molar refractivity (Wildman–Crippen MR) is 112 cm³/mol. The van der Waals surface area contributed by atoms with E-state index in [1.165, 1.54) is 19.4 Å². The van der Waals surface area contributed by atoms with Gasteiger partial charge in [0.1, 0.15) is 5.75 Å². The van der Waals surface area contributed by atoms with E-state index in [-0.39, 0.29) is 5.78 Å². The maximum atomic E-state index is 12.6. The number of carboxylic acid groups (broad SMARTS) is 1. The van der Waals surface area contributed by atoms with Crippen molar-refractivity contribution in [1.82, 2.24) is 0 Å². The van der Waals surface area contributed by atoms with Gasteiger partial charge in [-0.25, -0.2) is 4.79 Å². The maximum Gasteiger partial charge on any atom is 0.347 e. The predicted octanol–water partition coefficient (Wildman–Crippen LogP) is 5.37. The molecule has 0 bridgehead atoms. The third-order valence-corrected chi connectivity index (χ3v) is 4.89. The van der Waals surface area contributed by atoms with Crippen LogP contribution < -0.4 is 4.74 Å². The molecule has 0 fully saturated rings. The Morgan fingerprint density at radius 2 is 1.39 bits per heavy atom. The first-order valence-corrected chi connectivity index (χ1v) is 9.26. The Balaban J connectivity index is 2.29. The van der Waals surface area contributed by atoms with E-state index in [9.17, 15) is 14.7 Å². The molecule has 0 aliphatic rings.